The van der Waals surface area contributed by atoms with E-state index in [0.29, 0.717) is 26.2 Å². The molecule has 3 rings (SSSR count). The molecule has 1 aromatic rings. The lowest BCUT2D eigenvalue weighted by Crippen LogP contribution is -2.53. The Balaban J connectivity index is 1.90. The second-order valence-corrected chi connectivity index (χ2v) is 6.89. The SMILES string of the molecule is O=[N+]([O-])c1ccc(S(=O)(=O)N2CCO[C@H]3CNC[C@H]32)cc1. The van der Waals surface area contributed by atoms with Crippen molar-refractivity contribution in [1.29, 1.82) is 0 Å². The zero-order valence-electron chi connectivity index (χ0n) is 11.1. The van der Waals surface area contributed by atoms with Crippen LogP contribution in [0.2, 0.25) is 0 Å². The number of hydrogen-bond acceptors (Lipinski definition) is 6. The van der Waals surface area contributed by atoms with Gasteiger partial charge in [-0.25, -0.2) is 8.42 Å². The van der Waals surface area contributed by atoms with E-state index in [9.17, 15) is 18.5 Å². The Morgan fingerprint density at radius 3 is 2.67 bits per heavy atom. The van der Waals surface area contributed by atoms with Crippen LogP contribution in [0, 0.1) is 10.1 Å². The molecule has 2 fully saturated rings. The number of fused-ring (bicyclic) bond motifs is 1. The van der Waals surface area contributed by atoms with Crippen LogP contribution < -0.4 is 5.32 Å². The fraction of sp³-hybridized carbons (Fsp3) is 0.500. The molecule has 0 bridgehead atoms. The van der Waals surface area contributed by atoms with Crippen molar-refractivity contribution >= 4 is 15.7 Å². The number of benzene rings is 1. The van der Waals surface area contributed by atoms with Crippen LogP contribution in [0.3, 0.4) is 0 Å². The van der Waals surface area contributed by atoms with Gasteiger partial charge in [0.25, 0.3) is 5.69 Å². The Morgan fingerprint density at radius 1 is 1.29 bits per heavy atom. The summed E-state index contributed by atoms with van der Waals surface area (Å²) in [6, 6.07) is 4.75. The molecule has 1 N–H and O–H groups in total. The molecule has 0 amide bonds. The summed E-state index contributed by atoms with van der Waals surface area (Å²) in [5, 5.41) is 13.8. The van der Waals surface area contributed by atoms with Crippen LogP contribution in [0.5, 0.6) is 0 Å². The van der Waals surface area contributed by atoms with Crippen LogP contribution in [0.4, 0.5) is 5.69 Å². The van der Waals surface area contributed by atoms with E-state index >= 15 is 0 Å². The lowest BCUT2D eigenvalue weighted by Gasteiger charge is -2.35. The van der Waals surface area contributed by atoms with Gasteiger partial charge in [-0.05, 0) is 12.1 Å². The van der Waals surface area contributed by atoms with Crippen LogP contribution in [0.15, 0.2) is 29.2 Å². The van der Waals surface area contributed by atoms with E-state index in [1.807, 2.05) is 0 Å². The van der Waals surface area contributed by atoms with Crippen LogP contribution >= 0.6 is 0 Å². The van der Waals surface area contributed by atoms with Crippen LogP contribution in [0.1, 0.15) is 0 Å². The van der Waals surface area contributed by atoms with Crippen molar-refractivity contribution in [1.82, 2.24) is 9.62 Å². The molecule has 0 unspecified atom stereocenters. The monoisotopic (exact) mass is 313 g/mol. The molecule has 2 heterocycles. The van der Waals surface area contributed by atoms with Crippen LogP contribution in [0.25, 0.3) is 0 Å². The molecule has 0 saturated carbocycles. The highest BCUT2D eigenvalue weighted by Gasteiger charge is 2.42. The van der Waals surface area contributed by atoms with Crippen molar-refractivity contribution in [3.63, 3.8) is 0 Å². The van der Waals surface area contributed by atoms with E-state index in [1.165, 1.54) is 28.6 Å². The Morgan fingerprint density at radius 2 is 2.00 bits per heavy atom. The molecule has 9 heteroatoms. The van der Waals surface area contributed by atoms with Crippen LogP contribution in [-0.2, 0) is 14.8 Å². The molecule has 2 aliphatic rings. The predicted octanol–water partition coefficient (Wildman–Crippen LogP) is -0.0439. The minimum atomic E-state index is -3.67. The molecular weight excluding hydrogens is 298 g/mol. The van der Waals surface area contributed by atoms with Gasteiger partial charge in [0.05, 0.1) is 28.6 Å². The Hall–Kier alpha value is -1.55. The van der Waals surface area contributed by atoms with Gasteiger partial charge in [0.15, 0.2) is 0 Å². The number of rotatable bonds is 3. The molecule has 2 atom stereocenters. The summed E-state index contributed by atoms with van der Waals surface area (Å²) < 4.78 is 32.4. The largest absolute Gasteiger partial charge is 0.374 e. The van der Waals surface area contributed by atoms with Gasteiger partial charge < -0.3 is 10.1 Å². The summed E-state index contributed by atoms with van der Waals surface area (Å²) in [4.78, 5) is 10.2. The van der Waals surface area contributed by atoms with Crippen molar-refractivity contribution < 1.29 is 18.1 Å². The van der Waals surface area contributed by atoms with Crippen molar-refractivity contribution in [3.05, 3.63) is 34.4 Å². The number of non-ortho nitro benzene ring substituents is 1. The molecule has 0 spiro atoms. The van der Waals surface area contributed by atoms with E-state index in [0.717, 1.165) is 0 Å². The number of morpholine rings is 1. The number of nitro groups is 1. The van der Waals surface area contributed by atoms with Gasteiger partial charge in [-0.3, -0.25) is 10.1 Å². The summed E-state index contributed by atoms with van der Waals surface area (Å²) in [5.41, 5.74) is -0.128. The highest BCUT2D eigenvalue weighted by Crippen LogP contribution is 2.26. The number of hydrogen-bond donors (Lipinski definition) is 1. The Bertz CT molecular complexity index is 645. The number of nitrogens with zero attached hydrogens (tertiary/aromatic N) is 2. The van der Waals surface area contributed by atoms with Gasteiger partial charge in [0.1, 0.15) is 0 Å². The second kappa shape index (κ2) is 5.34. The molecule has 0 radical (unpaired) electrons. The van der Waals surface area contributed by atoms with Crippen molar-refractivity contribution in [2.75, 3.05) is 26.2 Å². The number of sulfonamides is 1. The highest BCUT2D eigenvalue weighted by atomic mass is 32.2. The number of ether oxygens (including phenoxy) is 1. The van der Waals surface area contributed by atoms with Gasteiger partial charge in [-0.2, -0.15) is 4.31 Å². The van der Waals surface area contributed by atoms with E-state index < -0.39 is 14.9 Å². The third kappa shape index (κ3) is 2.53. The summed E-state index contributed by atoms with van der Waals surface area (Å²) in [6.07, 6.45) is -0.133. The minimum absolute atomic E-state index is 0.0700. The first-order valence-corrected chi connectivity index (χ1v) is 8.03. The molecule has 0 aliphatic carbocycles. The quantitative estimate of drug-likeness (QED) is 0.620. The average molecular weight is 313 g/mol. The van der Waals surface area contributed by atoms with E-state index in [-0.39, 0.29) is 22.7 Å². The maximum atomic E-state index is 12.7. The van der Waals surface area contributed by atoms with E-state index in [2.05, 4.69) is 5.32 Å². The fourth-order valence-corrected chi connectivity index (χ4v) is 4.36. The first-order valence-electron chi connectivity index (χ1n) is 6.59. The molecular formula is C12H15N3O5S. The highest BCUT2D eigenvalue weighted by molar-refractivity contribution is 7.89. The smallest absolute Gasteiger partial charge is 0.269 e. The van der Waals surface area contributed by atoms with Gasteiger partial charge in [0, 0.05) is 31.8 Å². The third-order valence-electron chi connectivity index (χ3n) is 3.80. The van der Waals surface area contributed by atoms with E-state index in [1.54, 1.807) is 0 Å². The fourth-order valence-electron chi connectivity index (χ4n) is 2.73. The second-order valence-electron chi connectivity index (χ2n) is 5.00. The first kappa shape index (κ1) is 14.4. The van der Waals surface area contributed by atoms with Gasteiger partial charge >= 0.3 is 0 Å². The normalized spacial score (nSPS) is 26.5. The zero-order chi connectivity index (χ0) is 15.0. The topological polar surface area (TPSA) is 102 Å². The summed E-state index contributed by atoms with van der Waals surface area (Å²) in [5.74, 6) is 0. The lowest BCUT2D eigenvalue weighted by atomic mass is 10.2. The number of nitrogens with one attached hydrogen (secondary N) is 1. The molecule has 21 heavy (non-hydrogen) atoms. The molecule has 2 saturated heterocycles. The summed E-state index contributed by atoms with van der Waals surface area (Å²) in [6.45, 7) is 1.84. The van der Waals surface area contributed by atoms with Crippen molar-refractivity contribution in [2.24, 2.45) is 0 Å². The van der Waals surface area contributed by atoms with Gasteiger partial charge in [0.2, 0.25) is 10.0 Å². The lowest BCUT2D eigenvalue weighted by molar-refractivity contribution is -0.384. The standard InChI is InChI=1S/C12H15N3O5S/c16-15(17)9-1-3-10(4-2-9)21(18,19)14-5-6-20-12-8-13-7-11(12)14/h1-4,11-13H,5-8H2/t11-,12+/m1/s1. The third-order valence-corrected chi connectivity index (χ3v) is 5.73. The molecule has 0 aromatic heterocycles. The Kier molecular flexibility index (Phi) is 3.66. The van der Waals surface area contributed by atoms with Gasteiger partial charge in [-0.1, -0.05) is 0 Å². The maximum Gasteiger partial charge on any atom is 0.269 e. The van der Waals surface area contributed by atoms with Crippen molar-refractivity contribution in [2.45, 2.75) is 17.0 Å². The first-order chi connectivity index (χ1) is 10.00. The average Bonchev–Trinajstić information content (AvgIpc) is 2.95. The van der Waals surface area contributed by atoms with Gasteiger partial charge in [-0.15, -0.1) is 0 Å². The molecule has 114 valence electrons. The zero-order valence-corrected chi connectivity index (χ0v) is 12.0. The van der Waals surface area contributed by atoms with Crippen LogP contribution in [-0.4, -0.2) is 56.0 Å². The maximum absolute atomic E-state index is 12.7. The summed E-state index contributed by atoms with van der Waals surface area (Å²) >= 11 is 0. The van der Waals surface area contributed by atoms with Crippen molar-refractivity contribution in [3.8, 4) is 0 Å². The minimum Gasteiger partial charge on any atom is -0.374 e. The van der Waals surface area contributed by atoms with E-state index in [4.69, 9.17) is 4.74 Å². The molecule has 2 aliphatic heterocycles. The predicted molar refractivity (Wildman–Crippen MR) is 73.4 cm³/mol. The molecule has 8 nitrogen and oxygen atoms in total. The number of nitro benzene ring substituents is 1. The summed E-state index contributed by atoms with van der Waals surface area (Å²) in [7, 11) is -3.67. The molecule has 1 aromatic carbocycles. The Labute approximate surface area is 121 Å².